The summed E-state index contributed by atoms with van der Waals surface area (Å²) in [5, 5.41) is 15.0. The van der Waals surface area contributed by atoms with Gasteiger partial charge < -0.3 is 24.4 Å². The molecule has 6 rings (SSSR count). The summed E-state index contributed by atoms with van der Waals surface area (Å²) in [5.74, 6) is 1.79. The highest BCUT2D eigenvalue weighted by atomic mass is 35.5. The molecule has 2 aliphatic heterocycles. The summed E-state index contributed by atoms with van der Waals surface area (Å²) >= 11 is 6.42. The fraction of sp³-hybridized carbons (Fsp3) is 0.433. The van der Waals surface area contributed by atoms with Crippen molar-refractivity contribution in [2.24, 2.45) is 0 Å². The smallest absolute Gasteiger partial charge is 0.227 e. The van der Waals surface area contributed by atoms with Crippen molar-refractivity contribution in [3.63, 3.8) is 0 Å². The van der Waals surface area contributed by atoms with Crippen molar-refractivity contribution >= 4 is 28.9 Å². The van der Waals surface area contributed by atoms with Gasteiger partial charge in [0.15, 0.2) is 0 Å². The van der Waals surface area contributed by atoms with Gasteiger partial charge in [-0.25, -0.2) is 14.6 Å². The predicted octanol–water partition coefficient (Wildman–Crippen LogP) is 4.30. The van der Waals surface area contributed by atoms with Crippen LogP contribution in [0.2, 0.25) is 5.02 Å². The number of methoxy groups -OCH3 is 1. The van der Waals surface area contributed by atoms with Gasteiger partial charge in [0.25, 0.3) is 0 Å². The monoisotopic (exact) mass is 605 g/mol. The number of aromatic nitrogens is 6. The maximum Gasteiger partial charge on any atom is 0.227 e. The first-order valence-electron chi connectivity index (χ1n) is 14.6. The Morgan fingerprint density at radius 1 is 1.00 bits per heavy atom. The molecule has 0 radical (unpaired) electrons. The number of morpholine rings is 1. The molecule has 226 valence electrons. The zero-order valence-electron chi connectivity index (χ0n) is 24.4. The van der Waals surface area contributed by atoms with Gasteiger partial charge in [-0.15, -0.1) is 5.10 Å². The van der Waals surface area contributed by atoms with Crippen molar-refractivity contribution in [3.05, 3.63) is 60.1 Å². The van der Waals surface area contributed by atoms with Crippen molar-refractivity contribution in [2.45, 2.75) is 38.5 Å². The Kier molecular flexibility index (Phi) is 9.16. The largest absolute Gasteiger partial charge is 0.494 e. The molecule has 2 aliphatic rings. The molecule has 2 aromatic heterocycles. The minimum Gasteiger partial charge on any atom is -0.494 e. The van der Waals surface area contributed by atoms with Crippen LogP contribution in [0.15, 0.2) is 55.1 Å². The molecule has 12 nitrogen and oxygen atoms in total. The lowest BCUT2D eigenvalue weighted by molar-refractivity contribution is 0.0115. The van der Waals surface area contributed by atoms with E-state index in [1.54, 1.807) is 36.6 Å². The van der Waals surface area contributed by atoms with Crippen LogP contribution < -0.4 is 19.7 Å². The van der Waals surface area contributed by atoms with Gasteiger partial charge >= 0.3 is 0 Å². The number of hydrogen-bond acceptors (Lipinski definition) is 11. The van der Waals surface area contributed by atoms with E-state index in [-0.39, 0.29) is 6.10 Å². The lowest BCUT2D eigenvalue weighted by atomic mass is 10.0. The lowest BCUT2D eigenvalue weighted by Crippen LogP contribution is -2.49. The maximum atomic E-state index is 6.42. The van der Waals surface area contributed by atoms with Gasteiger partial charge in [-0.3, -0.25) is 4.90 Å². The third kappa shape index (κ3) is 7.15. The Balaban J connectivity index is 1.08. The minimum atomic E-state index is -0.192. The summed E-state index contributed by atoms with van der Waals surface area (Å²) in [6.07, 6.45) is 7.21. The summed E-state index contributed by atoms with van der Waals surface area (Å²) in [7, 11) is 1.68. The van der Waals surface area contributed by atoms with Crippen LogP contribution in [0.5, 0.6) is 11.5 Å². The van der Waals surface area contributed by atoms with Gasteiger partial charge in [-0.05, 0) is 60.0 Å². The molecule has 2 saturated heterocycles. The summed E-state index contributed by atoms with van der Waals surface area (Å²) in [6.45, 7) is 8.26. The van der Waals surface area contributed by atoms with Gasteiger partial charge in [-0.1, -0.05) is 17.7 Å². The Labute approximate surface area is 255 Å². The van der Waals surface area contributed by atoms with Gasteiger partial charge in [0, 0.05) is 61.9 Å². The van der Waals surface area contributed by atoms with E-state index in [0.29, 0.717) is 29.3 Å². The van der Waals surface area contributed by atoms with Crippen molar-refractivity contribution in [3.8, 4) is 22.6 Å². The Hall–Kier alpha value is -4.00. The molecule has 4 heterocycles. The second kappa shape index (κ2) is 13.5. The number of nitrogens with zero attached hydrogens (tertiary/aromatic N) is 8. The molecular formula is C30H36ClN9O3. The number of ether oxygens (including phenoxy) is 3. The third-order valence-electron chi connectivity index (χ3n) is 7.90. The number of nitrogens with one attached hydrogen (secondary N) is 1. The second-order valence-electron chi connectivity index (χ2n) is 10.8. The van der Waals surface area contributed by atoms with Crippen LogP contribution >= 0.6 is 11.6 Å². The predicted molar refractivity (Wildman–Crippen MR) is 164 cm³/mol. The van der Waals surface area contributed by atoms with Crippen LogP contribution in [-0.2, 0) is 11.3 Å². The Bertz CT molecular complexity index is 1470. The van der Waals surface area contributed by atoms with E-state index >= 15 is 0 Å². The Morgan fingerprint density at radius 3 is 2.51 bits per heavy atom. The third-order valence-corrected chi connectivity index (χ3v) is 8.22. The number of piperidine rings is 1. The molecule has 2 aromatic carbocycles. The molecule has 1 N–H and O–H groups in total. The van der Waals surface area contributed by atoms with Crippen LogP contribution in [0, 0.1) is 0 Å². The van der Waals surface area contributed by atoms with Crippen LogP contribution in [0.3, 0.4) is 0 Å². The molecule has 13 heteroatoms. The molecule has 0 aliphatic carbocycles. The fourth-order valence-corrected chi connectivity index (χ4v) is 5.79. The van der Waals surface area contributed by atoms with E-state index in [9.17, 15) is 0 Å². The van der Waals surface area contributed by atoms with E-state index in [1.165, 1.54) is 0 Å². The van der Waals surface area contributed by atoms with E-state index in [2.05, 4.69) is 52.7 Å². The number of tetrazole rings is 1. The molecule has 4 aromatic rings. The van der Waals surface area contributed by atoms with Gasteiger partial charge in [-0.2, -0.15) is 0 Å². The summed E-state index contributed by atoms with van der Waals surface area (Å²) < 4.78 is 18.9. The molecule has 0 unspecified atom stereocenters. The van der Waals surface area contributed by atoms with Crippen LogP contribution in [-0.4, -0.2) is 93.7 Å². The number of halogens is 1. The fourth-order valence-electron chi connectivity index (χ4n) is 5.63. The molecule has 0 spiro atoms. The minimum absolute atomic E-state index is 0.192. The zero-order chi connectivity index (χ0) is 29.6. The SMILES string of the molecule is COc1cc(N2CCC(N3CCOCC3)CC2)ccc1Nc1ncc(-c2ccc(Cl)c(O[C@@H](C)Cn3cnnn3)c2)cn1. The van der Waals surface area contributed by atoms with Crippen molar-refractivity contribution in [2.75, 3.05) is 56.7 Å². The first-order chi connectivity index (χ1) is 21.1. The summed E-state index contributed by atoms with van der Waals surface area (Å²) in [4.78, 5) is 14.1. The van der Waals surface area contributed by atoms with Gasteiger partial charge in [0.1, 0.15) is 23.9 Å². The number of anilines is 3. The van der Waals surface area contributed by atoms with E-state index in [0.717, 1.165) is 80.5 Å². The summed E-state index contributed by atoms with van der Waals surface area (Å²) in [6, 6.07) is 12.5. The molecular weight excluding hydrogens is 570 g/mol. The normalized spacial score (nSPS) is 17.0. The summed E-state index contributed by atoms with van der Waals surface area (Å²) in [5.41, 5.74) is 3.69. The highest BCUT2D eigenvalue weighted by molar-refractivity contribution is 6.32. The zero-order valence-corrected chi connectivity index (χ0v) is 25.2. The van der Waals surface area contributed by atoms with Gasteiger partial charge in [0.2, 0.25) is 5.95 Å². The molecule has 0 saturated carbocycles. The molecule has 43 heavy (non-hydrogen) atoms. The van der Waals surface area contributed by atoms with Crippen LogP contribution in [0.25, 0.3) is 11.1 Å². The molecule has 1 atom stereocenters. The van der Waals surface area contributed by atoms with E-state index < -0.39 is 0 Å². The molecule has 2 fully saturated rings. The quantitative estimate of drug-likeness (QED) is 0.279. The highest BCUT2D eigenvalue weighted by Gasteiger charge is 2.26. The van der Waals surface area contributed by atoms with Crippen molar-refractivity contribution in [1.82, 2.24) is 35.1 Å². The molecule has 0 amide bonds. The average molecular weight is 606 g/mol. The first-order valence-corrected chi connectivity index (χ1v) is 14.9. The second-order valence-corrected chi connectivity index (χ2v) is 11.2. The van der Waals surface area contributed by atoms with E-state index in [1.807, 2.05) is 25.1 Å². The maximum absolute atomic E-state index is 6.42. The number of benzene rings is 2. The highest BCUT2D eigenvalue weighted by Crippen LogP contribution is 2.34. The van der Waals surface area contributed by atoms with Crippen molar-refractivity contribution in [1.29, 1.82) is 0 Å². The Morgan fingerprint density at radius 2 is 1.79 bits per heavy atom. The van der Waals surface area contributed by atoms with E-state index in [4.69, 9.17) is 25.8 Å². The first kappa shape index (κ1) is 29.1. The lowest BCUT2D eigenvalue weighted by Gasteiger charge is -2.40. The van der Waals surface area contributed by atoms with Crippen molar-refractivity contribution < 1.29 is 14.2 Å². The number of hydrogen-bond donors (Lipinski definition) is 1. The van der Waals surface area contributed by atoms with Gasteiger partial charge in [0.05, 0.1) is 37.6 Å². The van der Waals surface area contributed by atoms with Crippen LogP contribution in [0.1, 0.15) is 19.8 Å². The number of rotatable bonds is 10. The topological polar surface area (TPSA) is 116 Å². The average Bonchev–Trinajstić information content (AvgIpc) is 3.56. The van der Waals surface area contributed by atoms with Crippen LogP contribution in [0.4, 0.5) is 17.3 Å². The standard InChI is InChI=1S/C30H36ClN9O3/c1-21(19-40-20-34-36-37-40)43-28-15-22(3-5-26(28)31)23-17-32-30(33-18-23)35-27-6-4-25(16-29(27)41-2)38-9-7-24(8-10-38)39-11-13-42-14-12-39/h3-6,15-18,20-21,24H,7-14,19H2,1-2H3,(H,32,33,35)/t21-/m0/s1. The molecule has 0 bridgehead atoms.